The summed E-state index contributed by atoms with van der Waals surface area (Å²) in [4.78, 5) is 23.6. The molecular formula is C17H15BrFNO3. The van der Waals surface area contributed by atoms with Gasteiger partial charge in [-0.15, -0.1) is 0 Å². The van der Waals surface area contributed by atoms with Crippen molar-refractivity contribution >= 4 is 27.8 Å². The third-order valence-corrected chi connectivity index (χ3v) is 3.89. The number of hydrogen-bond acceptors (Lipinski definition) is 3. The van der Waals surface area contributed by atoms with Gasteiger partial charge in [-0.05, 0) is 42.8 Å². The maximum atomic E-state index is 12.8. The van der Waals surface area contributed by atoms with Gasteiger partial charge < -0.3 is 10.1 Å². The zero-order chi connectivity index (χ0) is 16.8. The van der Waals surface area contributed by atoms with E-state index in [1.54, 1.807) is 0 Å². The lowest BCUT2D eigenvalue weighted by Crippen LogP contribution is -2.31. The van der Waals surface area contributed by atoms with Crippen LogP contribution in [0.5, 0.6) is 0 Å². The molecule has 1 atom stereocenters. The predicted octanol–water partition coefficient (Wildman–Crippen LogP) is 3.62. The molecule has 120 valence electrons. The smallest absolute Gasteiger partial charge is 0.338 e. The third kappa shape index (κ3) is 4.89. The van der Waals surface area contributed by atoms with Crippen LogP contribution in [-0.4, -0.2) is 18.5 Å². The molecule has 23 heavy (non-hydrogen) atoms. The Morgan fingerprint density at radius 2 is 1.83 bits per heavy atom. The van der Waals surface area contributed by atoms with Crippen molar-refractivity contribution in [2.75, 3.05) is 6.61 Å². The van der Waals surface area contributed by atoms with Gasteiger partial charge in [0.05, 0.1) is 11.6 Å². The van der Waals surface area contributed by atoms with Gasteiger partial charge >= 0.3 is 5.97 Å². The Labute approximate surface area is 141 Å². The van der Waals surface area contributed by atoms with Crippen molar-refractivity contribution in [1.82, 2.24) is 5.32 Å². The number of carbonyl (C=O) groups excluding carboxylic acids is 2. The molecule has 2 aromatic carbocycles. The molecule has 0 saturated carbocycles. The van der Waals surface area contributed by atoms with Crippen LogP contribution in [0.3, 0.4) is 0 Å². The van der Waals surface area contributed by atoms with Crippen molar-refractivity contribution in [3.8, 4) is 0 Å². The summed E-state index contributed by atoms with van der Waals surface area (Å²) in [6, 6.07) is 12.2. The van der Waals surface area contributed by atoms with Gasteiger partial charge in [-0.25, -0.2) is 9.18 Å². The zero-order valence-electron chi connectivity index (χ0n) is 12.4. The number of carbonyl (C=O) groups is 2. The van der Waals surface area contributed by atoms with Crippen LogP contribution < -0.4 is 5.32 Å². The van der Waals surface area contributed by atoms with Crippen molar-refractivity contribution < 1.29 is 18.7 Å². The van der Waals surface area contributed by atoms with Gasteiger partial charge in [0.25, 0.3) is 5.91 Å². The van der Waals surface area contributed by atoms with E-state index in [9.17, 15) is 14.0 Å². The molecule has 2 rings (SSSR count). The molecule has 0 spiro atoms. The quantitative estimate of drug-likeness (QED) is 0.807. The second kappa shape index (κ2) is 7.87. The minimum Gasteiger partial charge on any atom is -0.452 e. The summed E-state index contributed by atoms with van der Waals surface area (Å²) < 4.78 is 18.6. The number of rotatable bonds is 5. The van der Waals surface area contributed by atoms with Crippen LogP contribution in [0.25, 0.3) is 0 Å². The maximum Gasteiger partial charge on any atom is 0.338 e. The molecular weight excluding hydrogens is 365 g/mol. The average Bonchev–Trinajstić information content (AvgIpc) is 2.53. The van der Waals surface area contributed by atoms with Gasteiger partial charge in [0.1, 0.15) is 5.82 Å². The van der Waals surface area contributed by atoms with E-state index < -0.39 is 24.3 Å². The summed E-state index contributed by atoms with van der Waals surface area (Å²) in [5.74, 6) is -1.53. The molecule has 0 saturated heterocycles. The van der Waals surface area contributed by atoms with Crippen LogP contribution in [0.4, 0.5) is 4.39 Å². The fraction of sp³-hybridized carbons (Fsp3) is 0.176. The molecule has 1 N–H and O–H groups in total. The highest BCUT2D eigenvalue weighted by Crippen LogP contribution is 2.22. The highest BCUT2D eigenvalue weighted by atomic mass is 79.9. The van der Waals surface area contributed by atoms with E-state index in [0.29, 0.717) is 0 Å². The van der Waals surface area contributed by atoms with Crippen molar-refractivity contribution in [3.05, 3.63) is 69.9 Å². The summed E-state index contributed by atoms with van der Waals surface area (Å²) >= 11 is 3.42. The lowest BCUT2D eigenvalue weighted by atomic mass is 10.1. The number of hydrogen-bond donors (Lipinski definition) is 1. The molecule has 1 amide bonds. The Morgan fingerprint density at radius 3 is 2.48 bits per heavy atom. The first-order chi connectivity index (χ1) is 11.0. The zero-order valence-corrected chi connectivity index (χ0v) is 14.0. The highest BCUT2D eigenvalue weighted by Gasteiger charge is 2.14. The summed E-state index contributed by atoms with van der Waals surface area (Å²) in [7, 11) is 0. The summed E-state index contributed by atoms with van der Waals surface area (Å²) in [5.41, 5.74) is 1.11. The molecule has 0 bridgehead atoms. The average molecular weight is 380 g/mol. The topological polar surface area (TPSA) is 55.4 Å². The second-order valence-electron chi connectivity index (χ2n) is 4.89. The molecule has 0 unspecified atom stereocenters. The van der Waals surface area contributed by atoms with Gasteiger partial charge in [-0.3, -0.25) is 4.79 Å². The number of esters is 1. The highest BCUT2D eigenvalue weighted by molar-refractivity contribution is 9.10. The van der Waals surface area contributed by atoms with Crippen LogP contribution in [0.15, 0.2) is 53.0 Å². The maximum absolute atomic E-state index is 12.8. The molecule has 6 heteroatoms. The molecule has 0 fully saturated rings. The van der Waals surface area contributed by atoms with E-state index in [1.165, 1.54) is 12.1 Å². The van der Waals surface area contributed by atoms with E-state index in [0.717, 1.165) is 22.2 Å². The van der Waals surface area contributed by atoms with Crippen molar-refractivity contribution in [1.29, 1.82) is 0 Å². The predicted molar refractivity (Wildman–Crippen MR) is 87.4 cm³/mol. The van der Waals surface area contributed by atoms with Crippen molar-refractivity contribution in [3.63, 3.8) is 0 Å². The molecule has 0 heterocycles. The Kier molecular flexibility index (Phi) is 5.87. The van der Waals surface area contributed by atoms with Gasteiger partial charge in [0.2, 0.25) is 0 Å². The first-order valence-electron chi connectivity index (χ1n) is 6.94. The first kappa shape index (κ1) is 17.1. The molecule has 0 radical (unpaired) electrons. The number of nitrogens with one attached hydrogen (secondary N) is 1. The van der Waals surface area contributed by atoms with Crippen LogP contribution in [-0.2, 0) is 9.53 Å². The summed E-state index contributed by atoms with van der Waals surface area (Å²) in [5, 5.41) is 2.75. The van der Waals surface area contributed by atoms with Crippen molar-refractivity contribution in [2.45, 2.75) is 13.0 Å². The van der Waals surface area contributed by atoms with Gasteiger partial charge in [0, 0.05) is 4.47 Å². The van der Waals surface area contributed by atoms with E-state index in [-0.39, 0.29) is 11.6 Å². The third-order valence-electron chi connectivity index (χ3n) is 3.16. The SMILES string of the molecule is C[C@H](NC(=O)COC(=O)c1ccc(F)cc1)c1ccccc1Br. The molecule has 0 aromatic heterocycles. The molecule has 2 aromatic rings. The Morgan fingerprint density at radius 1 is 1.17 bits per heavy atom. The van der Waals surface area contributed by atoms with Gasteiger partial charge in [0.15, 0.2) is 6.61 Å². The van der Waals surface area contributed by atoms with Crippen LogP contribution in [0.1, 0.15) is 28.9 Å². The van der Waals surface area contributed by atoms with Crippen LogP contribution in [0.2, 0.25) is 0 Å². The van der Waals surface area contributed by atoms with Crippen LogP contribution in [0, 0.1) is 5.82 Å². The molecule has 4 nitrogen and oxygen atoms in total. The van der Waals surface area contributed by atoms with E-state index in [1.807, 2.05) is 31.2 Å². The second-order valence-corrected chi connectivity index (χ2v) is 5.75. The Bertz CT molecular complexity index is 703. The molecule has 0 aliphatic carbocycles. The van der Waals surface area contributed by atoms with Crippen molar-refractivity contribution in [2.24, 2.45) is 0 Å². The Balaban J connectivity index is 1.86. The van der Waals surface area contributed by atoms with Gasteiger partial charge in [-0.1, -0.05) is 34.1 Å². The van der Waals surface area contributed by atoms with E-state index in [2.05, 4.69) is 21.2 Å². The molecule has 0 aliphatic heterocycles. The lowest BCUT2D eigenvalue weighted by Gasteiger charge is -2.15. The molecule has 0 aliphatic rings. The normalized spacial score (nSPS) is 11.6. The monoisotopic (exact) mass is 379 g/mol. The number of benzene rings is 2. The van der Waals surface area contributed by atoms with E-state index in [4.69, 9.17) is 4.74 Å². The van der Waals surface area contributed by atoms with E-state index >= 15 is 0 Å². The fourth-order valence-electron chi connectivity index (χ4n) is 1.99. The largest absolute Gasteiger partial charge is 0.452 e. The lowest BCUT2D eigenvalue weighted by molar-refractivity contribution is -0.124. The van der Waals surface area contributed by atoms with Crippen LogP contribution >= 0.6 is 15.9 Å². The Hall–Kier alpha value is -2.21. The first-order valence-corrected chi connectivity index (χ1v) is 7.73. The fourth-order valence-corrected chi connectivity index (χ4v) is 2.62. The minimum absolute atomic E-state index is 0.193. The summed E-state index contributed by atoms with van der Waals surface area (Å²) in [6.07, 6.45) is 0. The standard InChI is InChI=1S/C17H15BrFNO3/c1-11(14-4-2-3-5-15(14)18)20-16(21)10-23-17(22)12-6-8-13(19)9-7-12/h2-9,11H,10H2,1H3,(H,20,21)/t11-/m0/s1. The summed E-state index contributed by atoms with van der Waals surface area (Å²) in [6.45, 7) is 1.44. The number of amides is 1. The minimum atomic E-state index is -0.673. The number of ether oxygens (including phenoxy) is 1. The number of halogens is 2. The van der Waals surface area contributed by atoms with Gasteiger partial charge in [-0.2, -0.15) is 0 Å².